The monoisotopic (exact) mass is 502 g/mol. The number of aromatic nitrogens is 4. The zero-order valence-corrected chi connectivity index (χ0v) is 19.3. The number of halogens is 1. The lowest BCUT2D eigenvalue weighted by molar-refractivity contribution is 0.0960. The molecule has 0 amide bonds. The highest BCUT2D eigenvalue weighted by molar-refractivity contribution is 9.10. The van der Waals surface area contributed by atoms with E-state index in [0.717, 1.165) is 32.2 Å². The van der Waals surface area contributed by atoms with Crippen LogP contribution in [0.2, 0.25) is 0 Å². The molecule has 0 fully saturated rings. The van der Waals surface area contributed by atoms with Crippen LogP contribution in [0, 0.1) is 6.92 Å². The van der Waals surface area contributed by atoms with Crippen LogP contribution in [0.3, 0.4) is 0 Å². The fourth-order valence-corrected chi connectivity index (χ4v) is 4.17. The molecule has 164 valence electrons. The summed E-state index contributed by atoms with van der Waals surface area (Å²) in [5, 5.41) is 18.8. The Morgan fingerprint density at radius 3 is 2.67 bits per heavy atom. The molecule has 0 bridgehead atoms. The third kappa shape index (κ3) is 4.17. The topological polar surface area (TPSA) is 94.0 Å². The van der Waals surface area contributed by atoms with Crippen LogP contribution < -0.4 is 0 Å². The van der Waals surface area contributed by atoms with Gasteiger partial charge in [0.2, 0.25) is 5.78 Å². The number of hydrogen-bond acceptors (Lipinski definition) is 6. The van der Waals surface area contributed by atoms with Gasteiger partial charge in [0.25, 0.3) is 11.8 Å². The van der Waals surface area contributed by atoms with Crippen LogP contribution in [-0.2, 0) is 13.0 Å². The number of pyridine rings is 1. The van der Waals surface area contributed by atoms with Gasteiger partial charge in [0.15, 0.2) is 0 Å². The summed E-state index contributed by atoms with van der Waals surface area (Å²) in [5.74, 6) is -0.0129. The van der Waals surface area contributed by atoms with Crippen LogP contribution in [0.15, 0.2) is 75.8 Å². The Kier molecular flexibility index (Phi) is 5.51. The number of fused-ring (bicyclic) bond motifs is 1. The van der Waals surface area contributed by atoms with Gasteiger partial charge in [0.1, 0.15) is 11.4 Å². The van der Waals surface area contributed by atoms with Gasteiger partial charge in [-0.2, -0.15) is 0 Å². The maximum Gasteiger partial charge on any atom is 0.284 e. The van der Waals surface area contributed by atoms with Crippen molar-refractivity contribution in [1.29, 1.82) is 0 Å². The van der Waals surface area contributed by atoms with E-state index >= 15 is 0 Å². The van der Waals surface area contributed by atoms with E-state index in [1.807, 2.05) is 31.2 Å². The summed E-state index contributed by atoms with van der Waals surface area (Å²) >= 11 is 3.47. The first kappa shape index (κ1) is 21.1. The predicted molar refractivity (Wildman–Crippen MR) is 127 cm³/mol. The minimum Gasteiger partial charge on any atom is -0.508 e. The molecule has 1 N–H and O–H groups in total. The zero-order chi connectivity index (χ0) is 22.9. The van der Waals surface area contributed by atoms with Gasteiger partial charge < -0.3 is 14.1 Å². The van der Waals surface area contributed by atoms with Crippen molar-refractivity contribution < 1.29 is 14.3 Å². The highest BCUT2D eigenvalue weighted by Gasteiger charge is 2.22. The zero-order valence-electron chi connectivity index (χ0n) is 17.7. The van der Waals surface area contributed by atoms with Gasteiger partial charge in [-0.1, -0.05) is 34.1 Å². The molecule has 0 atom stereocenters. The van der Waals surface area contributed by atoms with Gasteiger partial charge in [-0.25, -0.2) is 0 Å². The Labute approximate surface area is 197 Å². The van der Waals surface area contributed by atoms with Crippen molar-refractivity contribution in [3.8, 4) is 17.3 Å². The third-order valence-corrected chi connectivity index (χ3v) is 6.11. The maximum absolute atomic E-state index is 13.1. The Balaban J connectivity index is 1.49. The van der Waals surface area contributed by atoms with E-state index in [0.29, 0.717) is 12.2 Å². The first-order valence-corrected chi connectivity index (χ1v) is 11.1. The van der Waals surface area contributed by atoms with Gasteiger partial charge in [0.05, 0.1) is 0 Å². The average molecular weight is 503 g/mol. The maximum atomic E-state index is 13.1. The molecule has 0 saturated carbocycles. The Bertz CT molecular complexity index is 1460. The molecule has 0 spiro atoms. The summed E-state index contributed by atoms with van der Waals surface area (Å²) in [6, 6.07) is 18.7. The van der Waals surface area contributed by atoms with E-state index in [2.05, 4.69) is 47.8 Å². The molecule has 3 heterocycles. The highest BCUT2D eigenvalue weighted by Crippen LogP contribution is 2.31. The normalized spacial score (nSPS) is 11.2. The number of hydrogen-bond donors (Lipinski definition) is 1. The smallest absolute Gasteiger partial charge is 0.284 e. The van der Waals surface area contributed by atoms with Crippen molar-refractivity contribution in [2.45, 2.75) is 19.9 Å². The molecule has 7 nitrogen and oxygen atoms in total. The van der Waals surface area contributed by atoms with Crippen LogP contribution in [0.1, 0.15) is 27.5 Å². The lowest BCUT2D eigenvalue weighted by Crippen LogP contribution is -2.07. The summed E-state index contributed by atoms with van der Waals surface area (Å²) < 4.78 is 8.76. The number of phenols is 1. The summed E-state index contributed by atoms with van der Waals surface area (Å²) in [4.78, 5) is 17.2. The van der Waals surface area contributed by atoms with Crippen LogP contribution in [0.4, 0.5) is 0 Å². The predicted octanol–water partition coefficient (Wildman–Crippen LogP) is 5.34. The number of carbonyl (C=O) groups excluding carboxylic acids is 1. The van der Waals surface area contributed by atoms with Crippen LogP contribution >= 0.6 is 15.9 Å². The number of nitrogens with zero attached hydrogens (tertiary/aromatic N) is 4. The highest BCUT2D eigenvalue weighted by atomic mass is 79.9. The number of rotatable bonds is 6. The van der Waals surface area contributed by atoms with Crippen LogP contribution in [-0.4, -0.2) is 30.6 Å². The van der Waals surface area contributed by atoms with Gasteiger partial charge in [-0.3, -0.25) is 9.78 Å². The molecule has 33 heavy (non-hydrogen) atoms. The van der Waals surface area contributed by atoms with Gasteiger partial charge in [-0.05, 0) is 60.5 Å². The molecule has 0 aliphatic carbocycles. The molecule has 5 aromatic rings. The second-order valence-electron chi connectivity index (χ2n) is 7.71. The number of phenolic OH excluding ortho intramolecular Hbond substituents is 1. The first-order chi connectivity index (χ1) is 16.0. The van der Waals surface area contributed by atoms with E-state index in [1.165, 1.54) is 0 Å². The van der Waals surface area contributed by atoms with Crippen molar-refractivity contribution in [2.24, 2.45) is 0 Å². The van der Waals surface area contributed by atoms with Crippen LogP contribution in [0.5, 0.6) is 5.75 Å². The van der Waals surface area contributed by atoms with Gasteiger partial charge in [0, 0.05) is 40.2 Å². The Morgan fingerprint density at radius 2 is 1.91 bits per heavy atom. The largest absolute Gasteiger partial charge is 0.508 e. The molecule has 0 aliphatic rings. The van der Waals surface area contributed by atoms with Crippen molar-refractivity contribution in [3.05, 3.63) is 94.0 Å². The second-order valence-corrected chi connectivity index (χ2v) is 8.62. The van der Waals surface area contributed by atoms with Crippen molar-refractivity contribution in [2.75, 3.05) is 0 Å². The molecule has 5 rings (SSSR count). The number of carbonyl (C=O) groups is 1. The standard InChI is InChI=1S/C25H19BrN4O3/c1-15-19(13-23(32)25-29-28-24(33-25)21-4-2-3-11-27-21)20-12-18(31)9-10-22(20)30(15)14-16-5-7-17(26)8-6-16/h2-12,31H,13-14H2,1H3. The summed E-state index contributed by atoms with van der Waals surface area (Å²) in [6.07, 6.45) is 1.69. The molecular formula is C25H19BrN4O3. The van der Waals surface area contributed by atoms with Gasteiger partial charge in [-0.15, -0.1) is 10.2 Å². The molecule has 0 aliphatic heterocycles. The number of benzene rings is 2. The van der Waals surface area contributed by atoms with E-state index in [1.54, 1.807) is 30.5 Å². The SMILES string of the molecule is Cc1c(CC(=O)c2nnc(-c3ccccn3)o2)c2cc(O)ccc2n1Cc1ccc(Br)cc1. The number of aromatic hydroxyl groups is 1. The van der Waals surface area contributed by atoms with Crippen molar-refractivity contribution in [3.63, 3.8) is 0 Å². The molecular weight excluding hydrogens is 484 g/mol. The van der Waals surface area contributed by atoms with Gasteiger partial charge >= 0.3 is 0 Å². The van der Waals surface area contributed by atoms with E-state index in [9.17, 15) is 9.90 Å². The first-order valence-electron chi connectivity index (χ1n) is 10.3. The summed E-state index contributed by atoms with van der Waals surface area (Å²) in [5.41, 5.74) is 4.34. The van der Waals surface area contributed by atoms with Crippen LogP contribution in [0.25, 0.3) is 22.5 Å². The Morgan fingerprint density at radius 1 is 1.09 bits per heavy atom. The quantitative estimate of drug-likeness (QED) is 0.315. The summed E-state index contributed by atoms with van der Waals surface area (Å²) in [7, 11) is 0. The van der Waals surface area contributed by atoms with Crippen molar-refractivity contribution >= 4 is 32.6 Å². The molecule has 3 aromatic heterocycles. The van der Waals surface area contributed by atoms with E-state index < -0.39 is 0 Å². The van der Waals surface area contributed by atoms with Crippen molar-refractivity contribution in [1.82, 2.24) is 19.7 Å². The minimum atomic E-state index is -0.293. The second kappa shape index (κ2) is 8.63. The minimum absolute atomic E-state index is 0.0657. The fourth-order valence-electron chi connectivity index (χ4n) is 3.90. The third-order valence-electron chi connectivity index (χ3n) is 5.58. The Hall–Kier alpha value is -3.78. The summed E-state index contributed by atoms with van der Waals surface area (Å²) in [6.45, 7) is 2.62. The lowest BCUT2D eigenvalue weighted by Gasteiger charge is -2.09. The fraction of sp³-hybridized carbons (Fsp3) is 0.120. The lowest BCUT2D eigenvalue weighted by atomic mass is 10.0. The van der Waals surface area contributed by atoms with E-state index in [4.69, 9.17) is 4.42 Å². The number of ketones is 1. The average Bonchev–Trinajstić information content (AvgIpc) is 3.41. The number of Topliss-reactive ketones (excluding diaryl/α,β-unsaturated/α-hetero) is 1. The van der Waals surface area contributed by atoms with E-state index in [-0.39, 0.29) is 29.7 Å². The molecule has 0 saturated heterocycles. The molecule has 2 aromatic carbocycles. The molecule has 0 unspecified atom stereocenters. The molecule has 0 radical (unpaired) electrons. The molecule has 8 heteroatoms.